The second kappa shape index (κ2) is 9.43. The highest BCUT2D eigenvalue weighted by atomic mass is 19.4. The quantitative estimate of drug-likeness (QED) is 0.325. The van der Waals surface area contributed by atoms with Gasteiger partial charge in [-0.15, -0.1) is 0 Å². The Labute approximate surface area is 193 Å². The van der Waals surface area contributed by atoms with Crippen LogP contribution in [0.2, 0.25) is 0 Å². The minimum Gasteiger partial charge on any atom is -0.505 e. The maximum Gasteiger partial charge on any atom is 0.416 e. The standard InChI is InChI=1S/C26H21F3N2O3/c1-2-34-25(33)18-7-12-20(13-8-18)31-22(17-5-10-19(11-6-17)26(27,28)29)21-14-9-16-4-3-15-30-23(16)24(21)32/h3-15,22,31-32H,2H2,1H3. The number of aromatic hydroxyl groups is 1. The number of pyridine rings is 1. The molecule has 0 radical (unpaired) electrons. The molecule has 1 unspecified atom stereocenters. The molecule has 0 amide bonds. The first-order chi connectivity index (χ1) is 16.3. The van der Waals surface area contributed by atoms with E-state index in [4.69, 9.17) is 4.74 Å². The van der Waals surface area contributed by atoms with Gasteiger partial charge in [0.1, 0.15) is 11.3 Å². The van der Waals surface area contributed by atoms with Crippen LogP contribution in [0.5, 0.6) is 5.75 Å². The first-order valence-corrected chi connectivity index (χ1v) is 10.6. The molecule has 0 aliphatic heterocycles. The van der Waals surface area contributed by atoms with Crippen LogP contribution in [0.1, 0.15) is 40.0 Å². The molecule has 0 saturated heterocycles. The van der Waals surface area contributed by atoms with E-state index >= 15 is 0 Å². The number of hydrogen-bond acceptors (Lipinski definition) is 5. The highest BCUT2D eigenvalue weighted by Crippen LogP contribution is 2.37. The van der Waals surface area contributed by atoms with Gasteiger partial charge < -0.3 is 15.2 Å². The molecule has 0 fully saturated rings. The van der Waals surface area contributed by atoms with Crippen molar-refractivity contribution in [3.63, 3.8) is 0 Å². The summed E-state index contributed by atoms with van der Waals surface area (Å²) < 4.78 is 44.2. The number of rotatable bonds is 6. The molecule has 34 heavy (non-hydrogen) atoms. The van der Waals surface area contributed by atoms with E-state index in [1.807, 2.05) is 0 Å². The van der Waals surface area contributed by atoms with Gasteiger partial charge in [-0.1, -0.05) is 30.3 Å². The van der Waals surface area contributed by atoms with Crippen molar-refractivity contribution in [2.75, 3.05) is 11.9 Å². The summed E-state index contributed by atoms with van der Waals surface area (Å²) in [5.41, 5.74) is 1.54. The van der Waals surface area contributed by atoms with Gasteiger partial charge >= 0.3 is 12.1 Å². The minimum atomic E-state index is -4.46. The average Bonchev–Trinajstić information content (AvgIpc) is 2.83. The van der Waals surface area contributed by atoms with Crippen LogP contribution in [0.25, 0.3) is 10.9 Å². The van der Waals surface area contributed by atoms with Crippen LogP contribution >= 0.6 is 0 Å². The second-order valence-corrected chi connectivity index (χ2v) is 7.57. The number of ether oxygens (including phenoxy) is 1. The van der Waals surface area contributed by atoms with Crippen molar-refractivity contribution >= 4 is 22.6 Å². The summed E-state index contributed by atoms with van der Waals surface area (Å²) in [5, 5.41) is 15.0. The lowest BCUT2D eigenvalue weighted by Gasteiger charge is -2.23. The molecule has 0 bridgehead atoms. The third-order valence-corrected chi connectivity index (χ3v) is 5.37. The fourth-order valence-electron chi connectivity index (χ4n) is 3.67. The Hall–Kier alpha value is -4.07. The van der Waals surface area contributed by atoms with Crippen LogP contribution in [0.4, 0.5) is 18.9 Å². The molecule has 0 saturated carbocycles. The Morgan fingerprint density at radius 3 is 2.38 bits per heavy atom. The van der Waals surface area contributed by atoms with Gasteiger partial charge in [0.15, 0.2) is 0 Å². The molecule has 0 aliphatic carbocycles. The second-order valence-electron chi connectivity index (χ2n) is 7.57. The summed E-state index contributed by atoms with van der Waals surface area (Å²) in [7, 11) is 0. The molecule has 3 aromatic carbocycles. The Balaban J connectivity index is 1.75. The summed E-state index contributed by atoms with van der Waals surface area (Å²) in [6.07, 6.45) is -2.90. The van der Waals surface area contributed by atoms with Gasteiger partial charge in [-0.25, -0.2) is 4.79 Å². The zero-order valence-electron chi connectivity index (χ0n) is 18.1. The predicted octanol–water partition coefficient (Wildman–Crippen LogP) is 6.34. The molecule has 4 rings (SSSR count). The number of carbonyl (C=O) groups excluding carboxylic acids is 1. The zero-order valence-corrected chi connectivity index (χ0v) is 18.1. The van der Waals surface area contributed by atoms with Gasteiger partial charge in [0.05, 0.1) is 23.8 Å². The predicted molar refractivity (Wildman–Crippen MR) is 123 cm³/mol. The van der Waals surface area contributed by atoms with E-state index in [9.17, 15) is 23.1 Å². The zero-order chi connectivity index (χ0) is 24.3. The van der Waals surface area contributed by atoms with Gasteiger partial charge in [-0.05, 0) is 55.0 Å². The lowest BCUT2D eigenvalue weighted by molar-refractivity contribution is -0.137. The summed E-state index contributed by atoms with van der Waals surface area (Å²) in [5.74, 6) is -0.523. The van der Waals surface area contributed by atoms with E-state index in [2.05, 4.69) is 10.3 Å². The minimum absolute atomic E-state index is 0.0707. The van der Waals surface area contributed by atoms with Crippen molar-refractivity contribution < 1.29 is 27.8 Å². The number of benzene rings is 3. The van der Waals surface area contributed by atoms with Crippen molar-refractivity contribution in [3.05, 3.63) is 101 Å². The molecule has 1 heterocycles. The molecule has 2 N–H and O–H groups in total. The van der Waals surface area contributed by atoms with E-state index in [0.29, 0.717) is 27.9 Å². The SMILES string of the molecule is CCOC(=O)c1ccc(NC(c2ccc(C(F)(F)F)cc2)c2ccc3cccnc3c2O)cc1. The Morgan fingerprint density at radius 2 is 1.74 bits per heavy atom. The fourth-order valence-corrected chi connectivity index (χ4v) is 3.67. The van der Waals surface area contributed by atoms with Crippen LogP contribution in [0.15, 0.2) is 79.0 Å². The smallest absolute Gasteiger partial charge is 0.416 e. The van der Waals surface area contributed by atoms with Crippen LogP contribution in [0, 0.1) is 0 Å². The fraction of sp³-hybridized carbons (Fsp3) is 0.154. The van der Waals surface area contributed by atoms with Crippen molar-refractivity contribution in [1.82, 2.24) is 4.98 Å². The average molecular weight is 466 g/mol. The van der Waals surface area contributed by atoms with E-state index < -0.39 is 23.8 Å². The van der Waals surface area contributed by atoms with Crippen molar-refractivity contribution in [2.45, 2.75) is 19.1 Å². The van der Waals surface area contributed by atoms with E-state index in [1.165, 1.54) is 12.1 Å². The Bertz CT molecular complexity index is 1300. The molecule has 0 spiro atoms. The summed E-state index contributed by atoms with van der Waals surface area (Å²) in [6, 6.07) is 17.6. The Morgan fingerprint density at radius 1 is 1.03 bits per heavy atom. The number of alkyl halides is 3. The van der Waals surface area contributed by atoms with E-state index in [0.717, 1.165) is 17.5 Å². The third-order valence-electron chi connectivity index (χ3n) is 5.37. The maximum atomic E-state index is 13.1. The summed E-state index contributed by atoms with van der Waals surface area (Å²) in [6.45, 7) is 1.97. The molecular weight excluding hydrogens is 445 g/mol. The summed E-state index contributed by atoms with van der Waals surface area (Å²) in [4.78, 5) is 16.2. The van der Waals surface area contributed by atoms with Gasteiger partial charge in [0, 0.05) is 22.8 Å². The van der Waals surface area contributed by atoms with Crippen LogP contribution in [0.3, 0.4) is 0 Å². The van der Waals surface area contributed by atoms with E-state index in [1.54, 1.807) is 61.7 Å². The first-order valence-electron chi connectivity index (χ1n) is 10.6. The van der Waals surface area contributed by atoms with Gasteiger partial charge in [-0.2, -0.15) is 13.2 Å². The molecular formula is C26H21F3N2O3. The molecule has 4 aromatic rings. The lowest BCUT2D eigenvalue weighted by Crippen LogP contribution is -2.14. The van der Waals surface area contributed by atoms with Crippen molar-refractivity contribution in [2.24, 2.45) is 0 Å². The van der Waals surface area contributed by atoms with Crippen molar-refractivity contribution in [1.29, 1.82) is 0 Å². The van der Waals surface area contributed by atoms with Crippen LogP contribution < -0.4 is 5.32 Å². The number of phenolic OH excluding ortho intramolecular Hbond substituents is 1. The topological polar surface area (TPSA) is 71.5 Å². The normalized spacial score (nSPS) is 12.4. The van der Waals surface area contributed by atoms with Gasteiger partial charge in [-0.3, -0.25) is 4.98 Å². The Kier molecular flexibility index (Phi) is 6.40. The molecule has 1 aromatic heterocycles. The number of nitrogens with one attached hydrogen (secondary N) is 1. The molecule has 1 atom stereocenters. The number of carbonyl (C=O) groups is 1. The number of phenols is 1. The van der Waals surface area contributed by atoms with Crippen molar-refractivity contribution in [3.8, 4) is 5.75 Å². The maximum absolute atomic E-state index is 13.1. The van der Waals surface area contributed by atoms with Crippen LogP contribution in [-0.2, 0) is 10.9 Å². The summed E-state index contributed by atoms with van der Waals surface area (Å²) >= 11 is 0. The number of fused-ring (bicyclic) bond motifs is 1. The third kappa shape index (κ3) is 4.80. The van der Waals surface area contributed by atoms with Gasteiger partial charge in [0.25, 0.3) is 0 Å². The highest BCUT2D eigenvalue weighted by molar-refractivity contribution is 5.90. The number of nitrogens with zero attached hydrogens (tertiary/aromatic N) is 1. The molecule has 8 heteroatoms. The molecule has 0 aliphatic rings. The number of aromatic nitrogens is 1. The highest BCUT2D eigenvalue weighted by Gasteiger charge is 2.30. The molecule has 174 valence electrons. The monoisotopic (exact) mass is 466 g/mol. The number of esters is 1. The number of anilines is 1. The van der Waals surface area contributed by atoms with E-state index in [-0.39, 0.29) is 12.4 Å². The lowest BCUT2D eigenvalue weighted by atomic mass is 9.95. The molecule has 5 nitrogen and oxygen atoms in total. The number of halogens is 3. The van der Waals surface area contributed by atoms with Gasteiger partial charge in [0.2, 0.25) is 0 Å². The largest absolute Gasteiger partial charge is 0.505 e. The number of hydrogen-bond donors (Lipinski definition) is 2. The van der Waals surface area contributed by atoms with Crippen LogP contribution in [-0.4, -0.2) is 22.7 Å². The first kappa shape index (κ1) is 23.1.